The van der Waals surface area contributed by atoms with Crippen molar-refractivity contribution in [1.29, 1.82) is 0 Å². The summed E-state index contributed by atoms with van der Waals surface area (Å²) in [4.78, 5) is 11.7. The minimum atomic E-state index is -3.88. The molecule has 7 heteroatoms. The fraction of sp³-hybridized carbons (Fsp3) is 0.235. The summed E-state index contributed by atoms with van der Waals surface area (Å²) in [7, 11) is -2.57. The number of sulfonamides is 1. The fourth-order valence-electron chi connectivity index (χ4n) is 2.26. The van der Waals surface area contributed by atoms with E-state index in [0.29, 0.717) is 0 Å². The Morgan fingerprint density at radius 1 is 1.12 bits per heavy atom. The van der Waals surface area contributed by atoms with E-state index in [2.05, 4.69) is 22.6 Å². The second kappa shape index (κ2) is 7.62. The molecule has 0 saturated heterocycles. The highest BCUT2D eigenvalue weighted by Crippen LogP contribution is 2.20. The van der Waals surface area contributed by atoms with Crippen molar-refractivity contribution >= 4 is 38.6 Å². The molecule has 2 rings (SSSR count). The van der Waals surface area contributed by atoms with Crippen molar-refractivity contribution in [1.82, 2.24) is 4.31 Å². The zero-order valence-corrected chi connectivity index (χ0v) is 16.3. The molecule has 0 spiro atoms. The van der Waals surface area contributed by atoms with E-state index in [4.69, 9.17) is 0 Å². The number of nitrogens with zero attached hydrogens (tertiary/aromatic N) is 1. The molecule has 0 aliphatic carbocycles. The van der Waals surface area contributed by atoms with E-state index >= 15 is 0 Å². The van der Waals surface area contributed by atoms with Crippen LogP contribution < -0.4 is 0 Å². The lowest BCUT2D eigenvalue weighted by molar-refractivity contribution is -0.141. The maximum Gasteiger partial charge on any atom is 0.322 e. The number of aryl methyl sites for hydroxylation is 1. The van der Waals surface area contributed by atoms with Crippen molar-refractivity contribution in [3.05, 3.63) is 63.2 Å². The average molecular weight is 459 g/mol. The Labute approximate surface area is 155 Å². The van der Waals surface area contributed by atoms with E-state index in [0.717, 1.165) is 19.0 Å². The summed E-state index contributed by atoms with van der Waals surface area (Å²) in [6.07, 6.45) is 0.105. The number of aliphatic carboxylic acids is 1. The molecular weight excluding hydrogens is 441 g/mol. The molecule has 0 fully saturated rings. The van der Waals surface area contributed by atoms with Gasteiger partial charge in [0.15, 0.2) is 0 Å². The summed E-state index contributed by atoms with van der Waals surface area (Å²) in [5, 5.41) is 9.51. The number of halogens is 1. The fourth-order valence-corrected chi connectivity index (χ4v) is 3.93. The second-order valence-corrected chi connectivity index (χ2v) is 8.76. The summed E-state index contributed by atoms with van der Waals surface area (Å²) in [6, 6.07) is 12.5. The summed E-state index contributed by atoms with van der Waals surface area (Å²) in [5.74, 6) is -1.17. The van der Waals surface area contributed by atoms with Gasteiger partial charge in [0, 0.05) is 10.6 Å². The number of carboxylic acid groups (broad SMARTS) is 1. The predicted octanol–water partition coefficient (Wildman–Crippen LogP) is 2.92. The molecule has 1 atom stereocenters. The zero-order chi connectivity index (χ0) is 17.9. The van der Waals surface area contributed by atoms with E-state index < -0.39 is 22.0 Å². The molecular formula is C17H18INO4S. The van der Waals surface area contributed by atoms with Crippen LogP contribution in [-0.2, 0) is 21.2 Å². The number of carbonyl (C=O) groups is 1. The van der Waals surface area contributed by atoms with Gasteiger partial charge in [0.25, 0.3) is 0 Å². The van der Waals surface area contributed by atoms with Crippen LogP contribution in [0.2, 0.25) is 0 Å². The molecule has 5 nitrogen and oxygen atoms in total. The van der Waals surface area contributed by atoms with Crippen molar-refractivity contribution in [2.45, 2.75) is 24.3 Å². The van der Waals surface area contributed by atoms with Gasteiger partial charge in [0.2, 0.25) is 10.0 Å². The number of carboxylic acids is 1. The standard InChI is InChI=1S/C17H18INO4S/c1-12-3-9-15(10-4-12)24(22,23)19(2)16(17(20)21)11-13-5-7-14(18)8-6-13/h3-10,16H,11H2,1-2H3,(H,20,21)/t16-/m0/s1. The Morgan fingerprint density at radius 3 is 2.17 bits per heavy atom. The molecule has 24 heavy (non-hydrogen) atoms. The van der Waals surface area contributed by atoms with Crippen molar-refractivity contribution in [2.24, 2.45) is 0 Å². The first-order valence-corrected chi connectivity index (χ1v) is 9.75. The van der Waals surface area contributed by atoms with Crippen molar-refractivity contribution in [2.75, 3.05) is 7.05 Å². The normalized spacial score (nSPS) is 13.0. The van der Waals surface area contributed by atoms with Crippen LogP contribution in [-0.4, -0.2) is 36.9 Å². The number of benzene rings is 2. The maximum absolute atomic E-state index is 12.7. The van der Waals surface area contributed by atoms with Gasteiger partial charge in [-0.25, -0.2) is 8.42 Å². The SMILES string of the molecule is Cc1ccc(S(=O)(=O)N(C)[C@@H](Cc2ccc(I)cc2)C(=O)O)cc1. The first-order chi connectivity index (χ1) is 11.2. The van der Waals surface area contributed by atoms with Crippen LogP contribution in [0.4, 0.5) is 0 Å². The number of hydrogen-bond acceptors (Lipinski definition) is 3. The Kier molecular flexibility index (Phi) is 6.00. The highest BCUT2D eigenvalue weighted by atomic mass is 127. The summed E-state index contributed by atoms with van der Waals surface area (Å²) in [5.41, 5.74) is 1.71. The maximum atomic E-state index is 12.7. The molecule has 0 aliphatic heterocycles. The van der Waals surface area contributed by atoms with Gasteiger partial charge in [0.1, 0.15) is 6.04 Å². The molecule has 0 aromatic heterocycles. The van der Waals surface area contributed by atoms with E-state index in [-0.39, 0.29) is 11.3 Å². The highest BCUT2D eigenvalue weighted by Gasteiger charge is 2.32. The molecule has 0 heterocycles. The van der Waals surface area contributed by atoms with Gasteiger partial charge >= 0.3 is 5.97 Å². The van der Waals surface area contributed by atoms with E-state index in [9.17, 15) is 18.3 Å². The van der Waals surface area contributed by atoms with Gasteiger partial charge in [-0.2, -0.15) is 4.31 Å². The van der Waals surface area contributed by atoms with E-state index in [1.165, 1.54) is 19.2 Å². The van der Waals surface area contributed by atoms with Crippen LogP contribution in [0.25, 0.3) is 0 Å². The van der Waals surface area contributed by atoms with Crippen molar-refractivity contribution < 1.29 is 18.3 Å². The first-order valence-electron chi connectivity index (χ1n) is 7.24. The van der Waals surface area contributed by atoms with Gasteiger partial charge in [0.05, 0.1) is 4.90 Å². The Balaban J connectivity index is 2.31. The average Bonchev–Trinajstić information content (AvgIpc) is 2.53. The van der Waals surface area contributed by atoms with Gasteiger partial charge in [-0.05, 0) is 65.8 Å². The first kappa shape index (κ1) is 18.9. The zero-order valence-electron chi connectivity index (χ0n) is 13.3. The lowest BCUT2D eigenvalue weighted by atomic mass is 10.1. The molecule has 2 aromatic carbocycles. The third-order valence-electron chi connectivity index (χ3n) is 3.76. The smallest absolute Gasteiger partial charge is 0.322 e. The molecule has 0 amide bonds. The lowest BCUT2D eigenvalue weighted by Crippen LogP contribution is -2.43. The van der Waals surface area contributed by atoms with Crippen LogP contribution >= 0.6 is 22.6 Å². The lowest BCUT2D eigenvalue weighted by Gasteiger charge is -2.24. The molecule has 128 valence electrons. The van der Waals surface area contributed by atoms with Crippen LogP contribution in [0.15, 0.2) is 53.4 Å². The third kappa shape index (κ3) is 4.34. The minimum Gasteiger partial charge on any atom is -0.480 e. The largest absolute Gasteiger partial charge is 0.480 e. The molecule has 1 N–H and O–H groups in total. The Morgan fingerprint density at radius 2 is 1.67 bits per heavy atom. The number of likely N-dealkylation sites (N-methyl/N-ethyl adjacent to an activating group) is 1. The van der Waals surface area contributed by atoms with Crippen molar-refractivity contribution in [3.8, 4) is 0 Å². The quantitative estimate of drug-likeness (QED) is 0.675. The molecule has 0 saturated carbocycles. The van der Waals surface area contributed by atoms with Crippen LogP contribution in [0.1, 0.15) is 11.1 Å². The number of rotatable bonds is 6. The number of hydrogen-bond donors (Lipinski definition) is 1. The Bertz CT molecular complexity index is 817. The molecule has 0 bridgehead atoms. The van der Waals surface area contributed by atoms with E-state index in [1.54, 1.807) is 12.1 Å². The predicted molar refractivity (Wildman–Crippen MR) is 100 cm³/mol. The second-order valence-electron chi connectivity index (χ2n) is 5.52. The summed E-state index contributed by atoms with van der Waals surface area (Å²) >= 11 is 2.16. The monoisotopic (exact) mass is 459 g/mol. The van der Waals surface area contributed by atoms with Gasteiger partial charge in [-0.15, -0.1) is 0 Å². The van der Waals surface area contributed by atoms with Crippen LogP contribution in [0.5, 0.6) is 0 Å². The molecule has 0 radical (unpaired) electrons. The van der Waals surface area contributed by atoms with Gasteiger partial charge in [-0.1, -0.05) is 29.8 Å². The summed E-state index contributed by atoms with van der Waals surface area (Å²) in [6.45, 7) is 1.86. The minimum absolute atomic E-state index is 0.0875. The molecule has 0 unspecified atom stereocenters. The topological polar surface area (TPSA) is 74.7 Å². The van der Waals surface area contributed by atoms with Gasteiger partial charge < -0.3 is 5.11 Å². The summed E-state index contributed by atoms with van der Waals surface area (Å²) < 4.78 is 27.4. The third-order valence-corrected chi connectivity index (χ3v) is 6.36. The van der Waals surface area contributed by atoms with Crippen LogP contribution in [0.3, 0.4) is 0 Å². The van der Waals surface area contributed by atoms with Crippen LogP contribution in [0, 0.1) is 10.5 Å². The Hall–Kier alpha value is -1.45. The van der Waals surface area contributed by atoms with E-state index in [1.807, 2.05) is 31.2 Å². The van der Waals surface area contributed by atoms with Gasteiger partial charge in [-0.3, -0.25) is 4.79 Å². The molecule has 2 aromatic rings. The molecule has 0 aliphatic rings. The highest BCUT2D eigenvalue weighted by molar-refractivity contribution is 14.1. The van der Waals surface area contributed by atoms with Crippen molar-refractivity contribution in [3.63, 3.8) is 0 Å².